The number of hydrogen-bond acceptors (Lipinski definition) is 4. The van der Waals surface area contributed by atoms with Gasteiger partial charge in [0.15, 0.2) is 0 Å². The number of aryl methyl sites for hydroxylation is 2. The summed E-state index contributed by atoms with van der Waals surface area (Å²) in [6.07, 6.45) is 2.88. The summed E-state index contributed by atoms with van der Waals surface area (Å²) >= 11 is 0. The van der Waals surface area contributed by atoms with Gasteiger partial charge in [-0.3, -0.25) is 9.59 Å². The first-order valence-corrected chi connectivity index (χ1v) is 8.41. The van der Waals surface area contributed by atoms with Crippen LogP contribution in [0.3, 0.4) is 0 Å². The fourth-order valence-corrected chi connectivity index (χ4v) is 3.50. The van der Waals surface area contributed by atoms with E-state index in [4.69, 9.17) is 4.84 Å². The molecule has 1 heterocycles. The zero-order valence-corrected chi connectivity index (χ0v) is 13.6. The Hall–Kier alpha value is -2.95. The van der Waals surface area contributed by atoms with Crippen LogP contribution in [0.4, 0.5) is 0 Å². The SMILES string of the molecule is O=C(ON1C(=O)c2ccccc2C1=O)C1CCc2ccccc2CC1. The molecule has 0 aromatic heterocycles. The first-order valence-electron chi connectivity index (χ1n) is 8.41. The fourth-order valence-electron chi connectivity index (χ4n) is 3.50. The van der Waals surface area contributed by atoms with E-state index in [0.29, 0.717) is 17.9 Å². The largest absolute Gasteiger partial charge is 0.336 e. The van der Waals surface area contributed by atoms with E-state index in [1.807, 2.05) is 12.1 Å². The van der Waals surface area contributed by atoms with Crippen LogP contribution in [0.1, 0.15) is 44.7 Å². The average molecular weight is 335 g/mol. The molecule has 0 unspecified atom stereocenters. The second-order valence-electron chi connectivity index (χ2n) is 6.40. The minimum Gasteiger partial charge on any atom is -0.329 e. The summed E-state index contributed by atoms with van der Waals surface area (Å²) in [6.45, 7) is 0. The smallest absolute Gasteiger partial charge is 0.329 e. The van der Waals surface area contributed by atoms with Crippen molar-refractivity contribution in [2.75, 3.05) is 0 Å². The standard InChI is InChI=1S/C20H17NO4/c22-18-16-7-3-4-8-17(16)19(23)21(18)25-20(24)15-11-9-13-5-1-2-6-14(13)10-12-15/h1-8,15H,9-12H2. The van der Waals surface area contributed by atoms with Crippen molar-refractivity contribution in [1.29, 1.82) is 0 Å². The summed E-state index contributed by atoms with van der Waals surface area (Å²) in [5.74, 6) is -1.99. The van der Waals surface area contributed by atoms with Gasteiger partial charge in [-0.1, -0.05) is 41.5 Å². The minimum absolute atomic E-state index is 0.272. The lowest BCUT2D eigenvalue weighted by Gasteiger charge is -2.17. The third-order valence-corrected chi connectivity index (χ3v) is 4.91. The monoisotopic (exact) mass is 335 g/mol. The van der Waals surface area contributed by atoms with E-state index in [-0.39, 0.29) is 17.0 Å². The van der Waals surface area contributed by atoms with E-state index in [2.05, 4.69) is 12.1 Å². The van der Waals surface area contributed by atoms with Gasteiger partial charge < -0.3 is 4.84 Å². The molecule has 0 saturated carbocycles. The summed E-state index contributed by atoms with van der Waals surface area (Å²) in [7, 11) is 0. The van der Waals surface area contributed by atoms with E-state index < -0.39 is 17.8 Å². The summed E-state index contributed by atoms with van der Waals surface area (Å²) < 4.78 is 0. The van der Waals surface area contributed by atoms with Gasteiger partial charge in [0, 0.05) is 0 Å². The molecular formula is C20H17NO4. The van der Waals surface area contributed by atoms with Crippen molar-refractivity contribution >= 4 is 17.8 Å². The highest BCUT2D eigenvalue weighted by Gasteiger charge is 2.39. The number of imide groups is 1. The second kappa shape index (κ2) is 6.16. The van der Waals surface area contributed by atoms with E-state index >= 15 is 0 Å². The van der Waals surface area contributed by atoms with Gasteiger partial charge >= 0.3 is 5.97 Å². The van der Waals surface area contributed by atoms with Crippen molar-refractivity contribution in [2.24, 2.45) is 5.92 Å². The number of carbonyl (C=O) groups is 3. The molecule has 25 heavy (non-hydrogen) atoms. The van der Waals surface area contributed by atoms with Crippen LogP contribution in [0.5, 0.6) is 0 Å². The molecular weight excluding hydrogens is 318 g/mol. The molecule has 1 aliphatic carbocycles. The van der Waals surface area contributed by atoms with E-state index in [9.17, 15) is 14.4 Å². The minimum atomic E-state index is -0.578. The van der Waals surface area contributed by atoms with Crippen LogP contribution in [-0.4, -0.2) is 22.8 Å². The first-order chi connectivity index (χ1) is 12.1. The zero-order chi connectivity index (χ0) is 17.4. The molecule has 0 bridgehead atoms. The maximum atomic E-state index is 12.5. The van der Waals surface area contributed by atoms with Gasteiger partial charge in [0.1, 0.15) is 0 Å². The number of hydroxylamine groups is 2. The molecule has 0 saturated heterocycles. The Kier molecular flexibility index (Phi) is 3.84. The van der Waals surface area contributed by atoms with Gasteiger partial charge in [-0.25, -0.2) is 4.79 Å². The van der Waals surface area contributed by atoms with Crippen LogP contribution in [0.25, 0.3) is 0 Å². The Balaban J connectivity index is 1.47. The first kappa shape index (κ1) is 15.6. The molecule has 0 atom stereocenters. The maximum absolute atomic E-state index is 12.5. The number of fused-ring (bicyclic) bond motifs is 2. The molecule has 0 spiro atoms. The van der Waals surface area contributed by atoms with Crippen LogP contribution in [0.2, 0.25) is 0 Å². The number of hydrogen-bond donors (Lipinski definition) is 0. The quantitative estimate of drug-likeness (QED) is 0.625. The molecule has 2 amide bonds. The predicted octanol–water partition coefficient (Wildman–Crippen LogP) is 2.94. The van der Waals surface area contributed by atoms with E-state index in [1.165, 1.54) is 11.1 Å². The van der Waals surface area contributed by atoms with Crippen LogP contribution in [0, 0.1) is 5.92 Å². The highest BCUT2D eigenvalue weighted by atomic mass is 16.7. The molecule has 2 aliphatic rings. The normalized spacial score (nSPS) is 17.0. The third-order valence-electron chi connectivity index (χ3n) is 4.91. The molecule has 4 rings (SSSR count). The van der Waals surface area contributed by atoms with Crippen LogP contribution in [-0.2, 0) is 22.5 Å². The molecule has 5 nitrogen and oxygen atoms in total. The second-order valence-corrected chi connectivity index (χ2v) is 6.40. The van der Waals surface area contributed by atoms with Gasteiger partial charge in [0.05, 0.1) is 17.0 Å². The number of benzene rings is 2. The number of carbonyl (C=O) groups excluding carboxylic acids is 3. The molecule has 1 aliphatic heterocycles. The molecule has 126 valence electrons. The molecule has 0 fully saturated rings. The Morgan fingerprint density at radius 3 is 1.84 bits per heavy atom. The topological polar surface area (TPSA) is 63.7 Å². The molecule has 0 N–H and O–H groups in total. The van der Waals surface area contributed by atoms with Gasteiger partial charge in [0.25, 0.3) is 11.8 Å². The summed E-state index contributed by atoms with van der Waals surface area (Å²) in [4.78, 5) is 42.3. The van der Waals surface area contributed by atoms with Gasteiger partial charge in [-0.05, 0) is 48.9 Å². The average Bonchev–Trinajstić information content (AvgIpc) is 2.81. The van der Waals surface area contributed by atoms with Gasteiger partial charge in [0.2, 0.25) is 0 Å². The summed E-state index contributed by atoms with van der Waals surface area (Å²) in [6, 6.07) is 14.6. The molecule has 5 heteroatoms. The van der Waals surface area contributed by atoms with E-state index in [0.717, 1.165) is 12.8 Å². The van der Waals surface area contributed by atoms with Gasteiger partial charge in [-0.15, -0.1) is 0 Å². The van der Waals surface area contributed by atoms with Crippen LogP contribution < -0.4 is 0 Å². The molecule has 2 aromatic rings. The third kappa shape index (κ3) is 2.71. The Bertz CT molecular complexity index is 812. The molecule has 2 aromatic carbocycles. The van der Waals surface area contributed by atoms with Gasteiger partial charge in [-0.2, -0.15) is 0 Å². The fraction of sp³-hybridized carbons (Fsp3) is 0.250. The van der Waals surface area contributed by atoms with Crippen LogP contribution in [0.15, 0.2) is 48.5 Å². The zero-order valence-electron chi connectivity index (χ0n) is 13.6. The van der Waals surface area contributed by atoms with Crippen molar-refractivity contribution in [3.05, 3.63) is 70.8 Å². The van der Waals surface area contributed by atoms with E-state index in [1.54, 1.807) is 24.3 Å². The van der Waals surface area contributed by atoms with Crippen molar-refractivity contribution in [3.63, 3.8) is 0 Å². The lowest BCUT2D eigenvalue weighted by Crippen LogP contribution is -2.35. The summed E-state index contributed by atoms with van der Waals surface area (Å²) in [5.41, 5.74) is 3.04. The number of rotatable bonds is 2. The van der Waals surface area contributed by atoms with Crippen molar-refractivity contribution in [2.45, 2.75) is 25.7 Å². The Labute approximate surface area is 145 Å². The predicted molar refractivity (Wildman–Crippen MR) is 89.6 cm³/mol. The lowest BCUT2D eigenvalue weighted by molar-refractivity contribution is -0.174. The maximum Gasteiger partial charge on any atom is 0.336 e. The number of nitrogens with zero attached hydrogens (tertiary/aromatic N) is 1. The molecule has 0 radical (unpaired) electrons. The highest BCUT2D eigenvalue weighted by molar-refractivity contribution is 6.20. The van der Waals surface area contributed by atoms with Crippen molar-refractivity contribution in [1.82, 2.24) is 5.06 Å². The summed E-state index contributed by atoms with van der Waals surface area (Å²) in [5, 5.41) is 0.602. The Morgan fingerprint density at radius 1 is 0.840 bits per heavy atom. The highest BCUT2D eigenvalue weighted by Crippen LogP contribution is 2.28. The van der Waals surface area contributed by atoms with Crippen molar-refractivity contribution in [3.8, 4) is 0 Å². The van der Waals surface area contributed by atoms with Crippen molar-refractivity contribution < 1.29 is 19.2 Å². The van der Waals surface area contributed by atoms with Crippen LogP contribution >= 0.6 is 0 Å². The Morgan fingerprint density at radius 2 is 1.32 bits per heavy atom. The number of amides is 2. The lowest BCUT2D eigenvalue weighted by atomic mass is 10.0.